The maximum Gasteiger partial charge on any atom is 0.243 e. The molecule has 0 spiro atoms. The van der Waals surface area contributed by atoms with Crippen LogP contribution in [0.1, 0.15) is 19.3 Å². The molecule has 2 N–H and O–H groups in total. The predicted molar refractivity (Wildman–Crippen MR) is 85.0 cm³/mol. The summed E-state index contributed by atoms with van der Waals surface area (Å²) in [5, 5.41) is 5.04. The Labute approximate surface area is 141 Å². The molecule has 134 valence electrons. The number of hydrogen-bond donors (Lipinski definition) is 1. The number of rotatable bonds is 4. The van der Waals surface area contributed by atoms with E-state index in [4.69, 9.17) is 14.6 Å². The molecule has 0 amide bonds. The van der Waals surface area contributed by atoms with E-state index in [1.807, 2.05) is 0 Å². The van der Waals surface area contributed by atoms with Gasteiger partial charge in [-0.15, -0.1) is 0 Å². The van der Waals surface area contributed by atoms with Crippen LogP contribution < -0.4 is 5.14 Å². The van der Waals surface area contributed by atoms with Crippen molar-refractivity contribution in [3.05, 3.63) is 24.3 Å². The minimum absolute atomic E-state index is 0.0276. The van der Waals surface area contributed by atoms with Gasteiger partial charge in [0.05, 0.1) is 29.0 Å². The smallest absolute Gasteiger partial charge is 0.243 e. The standard InChI is InChI=1S/C14H20N2O6S2/c15-23(17,18)11-4-6-12(7-5-11)24(19,20)16-8-2-1-3-13(16)14-21-9-10-22-14/h4-7,13-14H,1-3,8-10H2,(H2,15,17,18)/t13-/m1/s1. The van der Waals surface area contributed by atoms with Crippen molar-refractivity contribution in [1.82, 2.24) is 4.31 Å². The Hall–Kier alpha value is -1.04. The van der Waals surface area contributed by atoms with E-state index in [1.54, 1.807) is 0 Å². The maximum atomic E-state index is 12.9. The Morgan fingerprint density at radius 3 is 2.12 bits per heavy atom. The van der Waals surface area contributed by atoms with E-state index in [2.05, 4.69) is 0 Å². The molecule has 0 bridgehead atoms. The molecule has 0 unspecified atom stereocenters. The SMILES string of the molecule is NS(=O)(=O)c1ccc(S(=O)(=O)N2CCCC[C@@H]2C2OCCO2)cc1. The Kier molecular flexibility index (Phi) is 4.96. The summed E-state index contributed by atoms with van der Waals surface area (Å²) in [5.74, 6) is 0. The lowest BCUT2D eigenvalue weighted by Crippen LogP contribution is -2.50. The van der Waals surface area contributed by atoms with Gasteiger partial charge in [0.2, 0.25) is 20.0 Å². The van der Waals surface area contributed by atoms with Gasteiger partial charge in [0, 0.05) is 6.54 Å². The predicted octanol–water partition coefficient (Wildman–Crippen LogP) is 0.250. The van der Waals surface area contributed by atoms with Crippen LogP contribution in [0, 0.1) is 0 Å². The second kappa shape index (κ2) is 6.70. The zero-order chi connectivity index (χ0) is 17.4. The van der Waals surface area contributed by atoms with Gasteiger partial charge in [-0.05, 0) is 37.1 Å². The topological polar surface area (TPSA) is 116 Å². The third-order valence-corrected chi connectivity index (χ3v) is 7.09. The first kappa shape index (κ1) is 17.8. The van der Waals surface area contributed by atoms with Crippen molar-refractivity contribution in [3.8, 4) is 0 Å². The summed E-state index contributed by atoms with van der Waals surface area (Å²) >= 11 is 0. The van der Waals surface area contributed by atoms with Crippen LogP contribution in [0.15, 0.2) is 34.1 Å². The van der Waals surface area contributed by atoms with Crippen molar-refractivity contribution in [2.24, 2.45) is 5.14 Å². The zero-order valence-corrected chi connectivity index (χ0v) is 14.6. The third-order valence-electron chi connectivity index (χ3n) is 4.22. The molecule has 1 atom stereocenters. The third kappa shape index (κ3) is 3.48. The summed E-state index contributed by atoms with van der Waals surface area (Å²) in [7, 11) is -7.64. The molecule has 10 heteroatoms. The average Bonchev–Trinajstić information content (AvgIpc) is 3.08. The van der Waals surface area contributed by atoms with Crippen molar-refractivity contribution < 1.29 is 26.3 Å². The van der Waals surface area contributed by atoms with Crippen LogP contribution in [0.4, 0.5) is 0 Å². The van der Waals surface area contributed by atoms with Gasteiger partial charge in [-0.2, -0.15) is 4.31 Å². The molecule has 2 heterocycles. The van der Waals surface area contributed by atoms with Crippen LogP contribution >= 0.6 is 0 Å². The van der Waals surface area contributed by atoms with Gasteiger partial charge in [0.1, 0.15) is 0 Å². The molecule has 0 aliphatic carbocycles. The van der Waals surface area contributed by atoms with Crippen LogP contribution in [0.3, 0.4) is 0 Å². The van der Waals surface area contributed by atoms with Gasteiger partial charge in [-0.3, -0.25) is 0 Å². The summed E-state index contributed by atoms with van der Waals surface area (Å²) in [6.45, 7) is 1.30. The van der Waals surface area contributed by atoms with Gasteiger partial charge >= 0.3 is 0 Å². The van der Waals surface area contributed by atoms with Crippen molar-refractivity contribution >= 4 is 20.0 Å². The van der Waals surface area contributed by atoms with Crippen LogP contribution in [0.2, 0.25) is 0 Å². The fourth-order valence-electron chi connectivity index (χ4n) is 3.04. The number of ether oxygens (including phenoxy) is 2. The van der Waals surface area contributed by atoms with E-state index in [1.165, 1.54) is 28.6 Å². The Bertz CT molecular complexity index is 785. The number of nitrogens with zero attached hydrogens (tertiary/aromatic N) is 1. The van der Waals surface area contributed by atoms with Crippen LogP contribution in [0.5, 0.6) is 0 Å². The first-order valence-electron chi connectivity index (χ1n) is 7.68. The van der Waals surface area contributed by atoms with Gasteiger partial charge in [-0.25, -0.2) is 22.0 Å². The van der Waals surface area contributed by atoms with Gasteiger partial charge in [-0.1, -0.05) is 6.42 Å². The number of nitrogens with two attached hydrogens (primary N) is 1. The quantitative estimate of drug-likeness (QED) is 0.805. The minimum atomic E-state index is -3.86. The van der Waals surface area contributed by atoms with Crippen LogP contribution in [-0.4, -0.2) is 53.2 Å². The highest BCUT2D eigenvalue weighted by Crippen LogP contribution is 2.30. The number of benzene rings is 1. The summed E-state index contributed by atoms with van der Waals surface area (Å²) in [6, 6.07) is 4.55. The summed E-state index contributed by atoms with van der Waals surface area (Å²) < 4.78 is 60.9. The molecular weight excluding hydrogens is 356 g/mol. The molecule has 2 aliphatic rings. The van der Waals surface area contributed by atoms with E-state index in [9.17, 15) is 16.8 Å². The molecule has 2 fully saturated rings. The van der Waals surface area contributed by atoms with Crippen molar-refractivity contribution in [2.75, 3.05) is 19.8 Å². The minimum Gasteiger partial charge on any atom is -0.349 e. The molecule has 24 heavy (non-hydrogen) atoms. The van der Waals surface area contributed by atoms with Crippen molar-refractivity contribution in [3.63, 3.8) is 0 Å². The van der Waals surface area contributed by atoms with Crippen molar-refractivity contribution in [1.29, 1.82) is 0 Å². The molecule has 0 aromatic heterocycles. The molecule has 8 nitrogen and oxygen atoms in total. The highest BCUT2D eigenvalue weighted by molar-refractivity contribution is 7.89. The molecule has 2 saturated heterocycles. The van der Waals surface area contributed by atoms with Gasteiger partial charge < -0.3 is 9.47 Å². The number of primary sulfonamides is 1. The zero-order valence-electron chi connectivity index (χ0n) is 13.0. The van der Waals surface area contributed by atoms with Gasteiger partial charge in [0.25, 0.3) is 0 Å². The second-order valence-electron chi connectivity index (χ2n) is 5.81. The summed E-state index contributed by atoms with van der Waals surface area (Å²) in [4.78, 5) is -0.0982. The monoisotopic (exact) mass is 376 g/mol. The summed E-state index contributed by atoms with van der Waals surface area (Å²) in [6.07, 6.45) is 1.78. The van der Waals surface area contributed by atoms with E-state index in [0.717, 1.165) is 12.8 Å². The fraction of sp³-hybridized carbons (Fsp3) is 0.571. The van der Waals surface area contributed by atoms with Crippen LogP contribution in [-0.2, 0) is 29.5 Å². The number of hydrogen-bond acceptors (Lipinski definition) is 6. The maximum absolute atomic E-state index is 12.9. The number of piperidine rings is 1. The average molecular weight is 376 g/mol. The molecule has 0 radical (unpaired) electrons. The first-order valence-corrected chi connectivity index (χ1v) is 10.7. The lowest BCUT2D eigenvalue weighted by Gasteiger charge is -2.36. The van der Waals surface area contributed by atoms with E-state index in [-0.39, 0.29) is 15.8 Å². The molecule has 0 saturated carbocycles. The van der Waals surface area contributed by atoms with E-state index < -0.39 is 26.3 Å². The molecule has 1 aromatic carbocycles. The normalized spacial score (nSPS) is 24.3. The highest BCUT2D eigenvalue weighted by atomic mass is 32.2. The van der Waals surface area contributed by atoms with Crippen molar-refractivity contribution in [2.45, 2.75) is 41.4 Å². The lowest BCUT2D eigenvalue weighted by atomic mass is 10.0. The Balaban J connectivity index is 1.90. The number of sulfonamides is 2. The lowest BCUT2D eigenvalue weighted by molar-refractivity contribution is -0.0913. The largest absolute Gasteiger partial charge is 0.349 e. The van der Waals surface area contributed by atoms with E-state index in [0.29, 0.717) is 26.2 Å². The Morgan fingerprint density at radius 1 is 0.958 bits per heavy atom. The molecule has 2 aliphatic heterocycles. The fourth-order valence-corrected chi connectivity index (χ4v) is 5.23. The molecule has 1 aromatic rings. The Morgan fingerprint density at radius 2 is 1.54 bits per heavy atom. The first-order chi connectivity index (χ1) is 11.3. The molecule has 3 rings (SSSR count). The highest BCUT2D eigenvalue weighted by Gasteiger charge is 2.40. The van der Waals surface area contributed by atoms with Crippen LogP contribution in [0.25, 0.3) is 0 Å². The van der Waals surface area contributed by atoms with E-state index >= 15 is 0 Å². The molecular formula is C14H20N2O6S2. The summed E-state index contributed by atoms with van der Waals surface area (Å²) in [5.41, 5.74) is 0. The van der Waals surface area contributed by atoms with Gasteiger partial charge in [0.15, 0.2) is 6.29 Å². The second-order valence-corrected chi connectivity index (χ2v) is 9.26.